The first-order valence-corrected chi connectivity index (χ1v) is 6.66. The van der Waals surface area contributed by atoms with Gasteiger partial charge in [0.2, 0.25) is 0 Å². The van der Waals surface area contributed by atoms with Crippen LogP contribution in [0.15, 0.2) is 18.2 Å². The number of carbonyl (C=O) groups excluding carboxylic acids is 1. The third-order valence-electron chi connectivity index (χ3n) is 3.37. The van der Waals surface area contributed by atoms with Crippen LogP contribution in [-0.4, -0.2) is 34.7 Å². The van der Waals surface area contributed by atoms with Gasteiger partial charge in [-0.05, 0) is 30.9 Å². The van der Waals surface area contributed by atoms with Gasteiger partial charge in [-0.15, -0.1) is 11.6 Å². The fourth-order valence-electron chi connectivity index (χ4n) is 2.29. The maximum absolute atomic E-state index is 12.4. The number of rotatable bonds is 3. The van der Waals surface area contributed by atoms with Gasteiger partial charge in [-0.25, -0.2) is 0 Å². The Balaban J connectivity index is 2.28. The first-order chi connectivity index (χ1) is 9.02. The lowest BCUT2D eigenvalue weighted by atomic mass is 10.1. The summed E-state index contributed by atoms with van der Waals surface area (Å²) >= 11 is 5.78. The van der Waals surface area contributed by atoms with E-state index in [1.54, 1.807) is 17.0 Å². The van der Waals surface area contributed by atoms with E-state index in [-0.39, 0.29) is 23.1 Å². The first-order valence-electron chi connectivity index (χ1n) is 6.13. The predicted molar refractivity (Wildman–Crippen MR) is 72.6 cm³/mol. The highest BCUT2D eigenvalue weighted by atomic mass is 35.5. The highest BCUT2D eigenvalue weighted by Gasteiger charge is 2.30. The minimum absolute atomic E-state index is 0.134. The number of carbonyl (C=O) groups is 1. The molecule has 0 saturated carbocycles. The Morgan fingerprint density at radius 3 is 2.89 bits per heavy atom. The molecule has 0 radical (unpaired) electrons. The number of nitro benzene ring substituents is 1. The van der Waals surface area contributed by atoms with Crippen molar-refractivity contribution in [1.29, 1.82) is 0 Å². The number of benzene rings is 1. The minimum Gasteiger partial charge on any atom is -0.338 e. The molecule has 1 unspecified atom stereocenters. The molecule has 102 valence electrons. The van der Waals surface area contributed by atoms with Crippen LogP contribution in [0.25, 0.3) is 0 Å². The van der Waals surface area contributed by atoms with Crippen molar-refractivity contribution < 1.29 is 9.72 Å². The molecule has 0 aromatic heterocycles. The van der Waals surface area contributed by atoms with Crippen molar-refractivity contribution in [3.05, 3.63) is 39.4 Å². The largest absolute Gasteiger partial charge is 0.338 e. The first kappa shape index (κ1) is 13.8. The van der Waals surface area contributed by atoms with Crippen LogP contribution in [0.3, 0.4) is 0 Å². The van der Waals surface area contributed by atoms with Crippen LogP contribution in [0, 0.1) is 23.0 Å². The molecule has 19 heavy (non-hydrogen) atoms. The zero-order chi connectivity index (χ0) is 14.0. The Morgan fingerprint density at radius 1 is 1.58 bits per heavy atom. The minimum atomic E-state index is -0.512. The maximum Gasteiger partial charge on any atom is 0.282 e. The fourth-order valence-corrected chi connectivity index (χ4v) is 2.55. The van der Waals surface area contributed by atoms with Crippen molar-refractivity contribution >= 4 is 23.2 Å². The topological polar surface area (TPSA) is 63.5 Å². The van der Waals surface area contributed by atoms with E-state index in [1.807, 2.05) is 6.92 Å². The summed E-state index contributed by atoms with van der Waals surface area (Å²) in [4.78, 5) is 24.5. The third-order valence-corrected chi connectivity index (χ3v) is 3.81. The van der Waals surface area contributed by atoms with Crippen molar-refractivity contribution in [1.82, 2.24) is 4.90 Å². The highest BCUT2D eigenvalue weighted by molar-refractivity contribution is 6.18. The average Bonchev–Trinajstić information content (AvgIpc) is 2.86. The van der Waals surface area contributed by atoms with Crippen LogP contribution in [0.5, 0.6) is 0 Å². The second kappa shape index (κ2) is 5.57. The Labute approximate surface area is 116 Å². The second-order valence-electron chi connectivity index (χ2n) is 4.84. The number of hydrogen-bond donors (Lipinski definition) is 0. The van der Waals surface area contributed by atoms with Gasteiger partial charge < -0.3 is 4.90 Å². The van der Waals surface area contributed by atoms with E-state index in [2.05, 4.69) is 0 Å². The summed E-state index contributed by atoms with van der Waals surface area (Å²) in [6, 6.07) is 4.60. The average molecular weight is 283 g/mol. The molecule has 2 rings (SSSR count). The standard InChI is InChI=1S/C13H15ClN2O3/c1-9-2-3-12(16(18)19)11(6-9)13(17)15-5-4-10(7-14)8-15/h2-3,6,10H,4-5,7-8H2,1H3. The molecule has 1 aromatic carbocycles. The van der Waals surface area contributed by atoms with E-state index < -0.39 is 4.92 Å². The Bertz CT molecular complexity index is 519. The molecule has 1 atom stereocenters. The molecule has 6 heteroatoms. The van der Waals surface area contributed by atoms with Crippen molar-refractivity contribution in [3.8, 4) is 0 Å². The summed E-state index contributed by atoms with van der Waals surface area (Å²) in [7, 11) is 0. The molecule has 1 aliphatic heterocycles. The van der Waals surface area contributed by atoms with Crippen LogP contribution in [0.4, 0.5) is 5.69 Å². The molecule has 1 saturated heterocycles. The fraction of sp³-hybridized carbons (Fsp3) is 0.462. The van der Waals surface area contributed by atoms with Gasteiger partial charge in [-0.2, -0.15) is 0 Å². The summed E-state index contributed by atoms with van der Waals surface area (Å²) in [6.45, 7) is 3.00. The number of nitrogens with zero attached hydrogens (tertiary/aromatic N) is 2. The lowest BCUT2D eigenvalue weighted by Gasteiger charge is -2.16. The maximum atomic E-state index is 12.4. The summed E-state index contributed by atoms with van der Waals surface area (Å²) in [6.07, 6.45) is 0.856. The second-order valence-corrected chi connectivity index (χ2v) is 5.15. The summed E-state index contributed by atoms with van der Waals surface area (Å²) < 4.78 is 0. The molecule has 0 N–H and O–H groups in total. The molecule has 0 bridgehead atoms. The van der Waals surface area contributed by atoms with Crippen molar-refractivity contribution in [3.63, 3.8) is 0 Å². The number of likely N-dealkylation sites (tertiary alicyclic amines) is 1. The van der Waals surface area contributed by atoms with E-state index in [4.69, 9.17) is 11.6 Å². The molecule has 1 heterocycles. The molecular formula is C13H15ClN2O3. The van der Waals surface area contributed by atoms with E-state index in [9.17, 15) is 14.9 Å². The Hall–Kier alpha value is -1.62. The Morgan fingerprint density at radius 2 is 2.32 bits per heavy atom. The quantitative estimate of drug-likeness (QED) is 0.486. The van der Waals surface area contributed by atoms with E-state index in [1.165, 1.54) is 6.07 Å². The normalized spacial score (nSPS) is 18.6. The lowest BCUT2D eigenvalue weighted by Crippen LogP contribution is -2.29. The van der Waals surface area contributed by atoms with Crippen molar-refractivity contribution in [2.45, 2.75) is 13.3 Å². The smallest absolute Gasteiger partial charge is 0.282 e. The number of nitro groups is 1. The SMILES string of the molecule is Cc1ccc([N+](=O)[O-])c(C(=O)N2CCC(CCl)C2)c1. The van der Waals surface area contributed by atoms with Crippen LogP contribution >= 0.6 is 11.6 Å². The molecule has 1 aromatic rings. The molecule has 1 aliphatic rings. The van der Waals surface area contributed by atoms with Gasteiger partial charge in [0, 0.05) is 25.0 Å². The lowest BCUT2D eigenvalue weighted by molar-refractivity contribution is -0.385. The van der Waals surface area contributed by atoms with Crippen molar-refractivity contribution in [2.24, 2.45) is 5.92 Å². The van der Waals surface area contributed by atoms with E-state index in [0.29, 0.717) is 19.0 Å². The number of amides is 1. The monoisotopic (exact) mass is 282 g/mol. The number of hydrogen-bond acceptors (Lipinski definition) is 3. The van der Waals surface area contributed by atoms with Gasteiger partial charge >= 0.3 is 0 Å². The molecule has 5 nitrogen and oxygen atoms in total. The summed E-state index contributed by atoms with van der Waals surface area (Å²) in [5.74, 6) is 0.525. The third kappa shape index (κ3) is 2.87. The van der Waals surface area contributed by atoms with Crippen molar-refractivity contribution in [2.75, 3.05) is 19.0 Å². The molecular weight excluding hydrogens is 268 g/mol. The van der Waals surface area contributed by atoms with Crippen LogP contribution < -0.4 is 0 Å². The Kier molecular flexibility index (Phi) is 4.04. The molecule has 1 fully saturated rings. The van der Waals surface area contributed by atoms with Crippen LogP contribution in [0.2, 0.25) is 0 Å². The molecule has 1 amide bonds. The number of aryl methyl sites for hydroxylation is 1. The highest BCUT2D eigenvalue weighted by Crippen LogP contribution is 2.25. The zero-order valence-corrected chi connectivity index (χ0v) is 11.4. The number of alkyl halides is 1. The van der Waals surface area contributed by atoms with Gasteiger partial charge in [-0.1, -0.05) is 6.07 Å². The van der Waals surface area contributed by atoms with Gasteiger partial charge in [0.15, 0.2) is 0 Å². The predicted octanol–water partition coefficient (Wildman–Crippen LogP) is 2.60. The van der Waals surface area contributed by atoms with Crippen LogP contribution in [-0.2, 0) is 0 Å². The van der Waals surface area contributed by atoms with E-state index >= 15 is 0 Å². The number of halogens is 1. The van der Waals surface area contributed by atoms with Gasteiger partial charge in [0.1, 0.15) is 5.56 Å². The van der Waals surface area contributed by atoms with Crippen LogP contribution in [0.1, 0.15) is 22.3 Å². The summed E-state index contributed by atoms with van der Waals surface area (Å²) in [5.41, 5.74) is 0.868. The molecule has 0 aliphatic carbocycles. The van der Waals surface area contributed by atoms with Gasteiger partial charge in [0.25, 0.3) is 11.6 Å². The molecule has 0 spiro atoms. The van der Waals surface area contributed by atoms with Gasteiger partial charge in [-0.3, -0.25) is 14.9 Å². The zero-order valence-electron chi connectivity index (χ0n) is 10.6. The van der Waals surface area contributed by atoms with Gasteiger partial charge in [0.05, 0.1) is 4.92 Å². The summed E-state index contributed by atoms with van der Waals surface area (Å²) in [5, 5.41) is 11.0. The van der Waals surface area contributed by atoms with E-state index in [0.717, 1.165) is 12.0 Å².